The van der Waals surface area contributed by atoms with Gasteiger partial charge in [-0.15, -0.1) is 0 Å². The van der Waals surface area contributed by atoms with E-state index in [1.165, 1.54) is 6.07 Å². The second-order valence-corrected chi connectivity index (χ2v) is 4.51. The van der Waals surface area contributed by atoms with E-state index in [1.54, 1.807) is 6.07 Å². The standard InChI is InChI=1S/C15H12FN3O2/c1-10-3-2-4-14(12(10)8-17)18-9-11-5-6-15(19(20)21)13(16)7-11/h2-7,18H,9H2,1H3. The van der Waals surface area contributed by atoms with Gasteiger partial charge in [-0.3, -0.25) is 10.1 Å². The summed E-state index contributed by atoms with van der Waals surface area (Å²) in [4.78, 5) is 9.78. The third-order valence-electron chi connectivity index (χ3n) is 3.08. The molecule has 0 saturated carbocycles. The van der Waals surface area contributed by atoms with E-state index >= 15 is 0 Å². The highest BCUT2D eigenvalue weighted by Gasteiger charge is 2.13. The number of rotatable bonds is 4. The predicted octanol–water partition coefficient (Wildman–Crippen LogP) is 3.53. The summed E-state index contributed by atoms with van der Waals surface area (Å²) in [5, 5.41) is 22.7. The van der Waals surface area contributed by atoms with Crippen LogP contribution in [0.4, 0.5) is 15.8 Å². The lowest BCUT2D eigenvalue weighted by molar-refractivity contribution is -0.387. The van der Waals surface area contributed by atoms with Crippen LogP contribution in [0.3, 0.4) is 0 Å². The normalized spacial score (nSPS) is 9.95. The van der Waals surface area contributed by atoms with E-state index in [9.17, 15) is 14.5 Å². The minimum Gasteiger partial charge on any atom is -0.380 e. The van der Waals surface area contributed by atoms with Gasteiger partial charge in [-0.2, -0.15) is 9.65 Å². The average Bonchev–Trinajstić information content (AvgIpc) is 2.44. The van der Waals surface area contributed by atoms with Crippen molar-refractivity contribution < 1.29 is 9.31 Å². The SMILES string of the molecule is Cc1cccc(NCc2ccc([N+](=O)[O-])c(F)c2)c1C#N. The van der Waals surface area contributed by atoms with Crippen LogP contribution in [-0.2, 0) is 6.54 Å². The van der Waals surface area contributed by atoms with Gasteiger partial charge in [0, 0.05) is 12.6 Å². The molecule has 1 N–H and O–H groups in total. The Hall–Kier alpha value is -2.94. The van der Waals surface area contributed by atoms with E-state index in [0.717, 1.165) is 17.7 Å². The van der Waals surface area contributed by atoms with Crippen LogP contribution in [0.1, 0.15) is 16.7 Å². The summed E-state index contributed by atoms with van der Waals surface area (Å²) in [5.74, 6) is -0.871. The topological polar surface area (TPSA) is 79.0 Å². The summed E-state index contributed by atoms with van der Waals surface area (Å²) < 4.78 is 13.5. The maximum Gasteiger partial charge on any atom is 0.304 e. The molecule has 0 aliphatic heterocycles. The second kappa shape index (κ2) is 6.01. The van der Waals surface area contributed by atoms with Gasteiger partial charge in [-0.1, -0.05) is 18.2 Å². The van der Waals surface area contributed by atoms with Gasteiger partial charge in [0.1, 0.15) is 6.07 Å². The molecule has 106 valence electrons. The fraction of sp³-hybridized carbons (Fsp3) is 0.133. The van der Waals surface area contributed by atoms with Gasteiger partial charge in [0.05, 0.1) is 16.2 Å². The van der Waals surface area contributed by atoms with Crippen molar-refractivity contribution >= 4 is 11.4 Å². The van der Waals surface area contributed by atoms with Crippen LogP contribution in [0.5, 0.6) is 0 Å². The van der Waals surface area contributed by atoms with Crippen molar-refractivity contribution in [2.75, 3.05) is 5.32 Å². The Morgan fingerprint density at radius 2 is 2.14 bits per heavy atom. The Balaban J connectivity index is 2.18. The fourth-order valence-electron chi connectivity index (χ4n) is 1.97. The molecule has 2 aromatic rings. The molecule has 0 radical (unpaired) electrons. The molecule has 5 nitrogen and oxygen atoms in total. The molecule has 0 fully saturated rings. The first-order chi connectivity index (χ1) is 10.0. The number of nitrogens with one attached hydrogen (secondary N) is 1. The molecule has 0 atom stereocenters. The first-order valence-corrected chi connectivity index (χ1v) is 6.19. The van der Waals surface area contributed by atoms with E-state index in [-0.39, 0.29) is 6.54 Å². The monoisotopic (exact) mass is 285 g/mol. The first-order valence-electron chi connectivity index (χ1n) is 6.19. The third-order valence-corrected chi connectivity index (χ3v) is 3.08. The molecule has 0 spiro atoms. The Bertz CT molecular complexity index is 738. The maximum atomic E-state index is 13.5. The number of nitrogens with zero attached hydrogens (tertiary/aromatic N) is 2. The van der Waals surface area contributed by atoms with Gasteiger partial charge in [0.15, 0.2) is 0 Å². The molecule has 0 unspecified atom stereocenters. The van der Waals surface area contributed by atoms with Crippen molar-refractivity contribution in [2.24, 2.45) is 0 Å². The Morgan fingerprint density at radius 1 is 1.38 bits per heavy atom. The van der Waals surface area contributed by atoms with E-state index in [4.69, 9.17) is 5.26 Å². The molecule has 6 heteroatoms. The molecule has 0 amide bonds. The number of hydrogen-bond acceptors (Lipinski definition) is 4. The van der Waals surface area contributed by atoms with Crippen molar-refractivity contribution in [2.45, 2.75) is 13.5 Å². The molecular weight excluding hydrogens is 273 g/mol. The van der Waals surface area contributed by atoms with Gasteiger partial charge >= 0.3 is 5.69 Å². The Labute approximate surface area is 120 Å². The largest absolute Gasteiger partial charge is 0.380 e. The zero-order chi connectivity index (χ0) is 15.4. The van der Waals surface area contributed by atoms with Gasteiger partial charge in [0.25, 0.3) is 0 Å². The number of anilines is 1. The highest BCUT2D eigenvalue weighted by atomic mass is 19.1. The lowest BCUT2D eigenvalue weighted by Gasteiger charge is -2.10. The number of aryl methyl sites for hydroxylation is 1. The average molecular weight is 285 g/mol. The number of nitro benzene ring substituents is 1. The summed E-state index contributed by atoms with van der Waals surface area (Å²) in [5.41, 5.74) is 2.03. The second-order valence-electron chi connectivity index (χ2n) is 4.51. The quantitative estimate of drug-likeness (QED) is 0.688. The molecular formula is C15H12FN3O2. The van der Waals surface area contributed by atoms with Crippen LogP contribution in [0.15, 0.2) is 36.4 Å². The third kappa shape index (κ3) is 3.15. The highest BCUT2D eigenvalue weighted by molar-refractivity contribution is 5.60. The molecule has 0 aliphatic rings. The summed E-state index contributed by atoms with van der Waals surface area (Å²) in [6.45, 7) is 2.10. The van der Waals surface area contributed by atoms with E-state index in [0.29, 0.717) is 16.8 Å². The van der Waals surface area contributed by atoms with Crippen LogP contribution in [0.2, 0.25) is 0 Å². The van der Waals surface area contributed by atoms with Gasteiger partial charge < -0.3 is 5.32 Å². The summed E-state index contributed by atoms with van der Waals surface area (Å²) in [6.07, 6.45) is 0. The summed E-state index contributed by atoms with van der Waals surface area (Å²) in [7, 11) is 0. The van der Waals surface area contributed by atoms with Crippen molar-refractivity contribution in [1.29, 1.82) is 5.26 Å². The van der Waals surface area contributed by atoms with Crippen LogP contribution in [0, 0.1) is 34.2 Å². The minimum absolute atomic E-state index is 0.271. The molecule has 2 aromatic carbocycles. The van der Waals surface area contributed by atoms with E-state index in [1.807, 2.05) is 19.1 Å². The first kappa shape index (κ1) is 14.5. The van der Waals surface area contributed by atoms with E-state index < -0.39 is 16.4 Å². The summed E-state index contributed by atoms with van der Waals surface area (Å²) >= 11 is 0. The lowest BCUT2D eigenvalue weighted by atomic mass is 10.1. The zero-order valence-corrected chi connectivity index (χ0v) is 11.3. The van der Waals surface area contributed by atoms with Crippen molar-refractivity contribution in [3.05, 3.63) is 69.0 Å². The molecule has 0 bridgehead atoms. The number of nitriles is 1. The van der Waals surface area contributed by atoms with Crippen molar-refractivity contribution in [3.8, 4) is 6.07 Å². The highest BCUT2D eigenvalue weighted by Crippen LogP contribution is 2.21. The molecule has 0 heterocycles. The van der Waals surface area contributed by atoms with Crippen LogP contribution in [-0.4, -0.2) is 4.92 Å². The van der Waals surface area contributed by atoms with Crippen molar-refractivity contribution in [3.63, 3.8) is 0 Å². The van der Waals surface area contributed by atoms with Crippen LogP contribution in [0.25, 0.3) is 0 Å². The minimum atomic E-state index is -0.871. The van der Waals surface area contributed by atoms with Gasteiger partial charge in [-0.05, 0) is 30.2 Å². The molecule has 21 heavy (non-hydrogen) atoms. The lowest BCUT2D eigenvalue weighted by Crippen LogP contribution is -2.03. The molecule has 2 rings (SSSR count). The zero-order valence-electron chi connectivity index (χ0n) is 11.3. The molecule has 0 aliphatic carbocycles. The Morgan fingerprint density at radius 3 is 2.76 bits per heavy atom. The molecule has 0 saturated heterocycles. The van der Waals surface area contributed by atoms with Crippen LogP contribution < -0.4 is 5.32 Å². The van der Waals surface area contributed by atoms with Gasteiger partial charge in [-0.25, -0.2) is 0 Å². The van der Waals surface area contributed by atoms with Gasteiger partial charge in [0.2, 0.25) is 5.82 Å². The number of benzene rings is 2. The predicted molar refractivity (Wildman–Crippen MR) is 76.3 cm³/mol. The fourth-order valence-corrected chi connectivity index (χ4v) is 1.97. The number of halogens is 1. The Kier molecular flexibility index (Phi) is 4.14. The van der Waals surface area contributed by atoms with E-state index in [2.05, 4.69) is 11.4 Å². The maximum absolute atomic E-state index is 13.5. The number of hydrogen-bond donors (Lipinski definition) is 1. The molecule has 0 aromatic heterocycles. The summed E-state index contributed by atoms with van der Waals surface area (Å²) in [6, 6.07) is 11.2. The van der Waals surface area contributed by atoms with Crippen LogP contribution >= 0.6 is 0 Å². The number of nitro groups is 1. The smallest absolute Gasteiger partial charge is 0.304 e. The van der Waals surface area contributed by atoms with Crippen molar-refractivity contribution in [1.82, 2.24) is 0 Å².